The molecule has 1 aromatic rings. The van der Waals surface area contributed by atoms with E-state index >= 15 is 0 Å². The molecule has 0 aliphatic rings. The zero-order valence-corrected chi connectivity index (χ0v) is 9.17. The fourth-order valence-electron chi connectivity index (χ4n) is 1.15. The quantitative estimate of drug-likeness (QED) is 0.760. The number of hydrogen-bond acceptors (Lipinski definition) is 3. The summed E-state index contributed by atoms with van der Waals surface area (Å²) in [5.41, 5.74) is 1.14. The zero-order chi connectivity index (χ0) is 10.4. The first-order valence-electron chi connectivity index (χ1n) is 5.11. The van der Waals surface area contributed by atoms with E-state index in [2.05, 4.69) is 12.2 Å². The van der Waals surface area contributed by atoms with Crippen LogP contribution in [0.2, 0.25) is 0 Å². The molecule has 0 radical (unpaired) electrons. The van der Waals surface area contributed by atoms with Crippen molar-refractivity contribution >= 4 is 0 Å². The Kier molecular flexibility index (Phi) is 4.70. The molecule has 0 atom stereocenters. The van der Waals surface area contributed by atoms with Crippen molar-refractivity contribution < 1.29 is 9.15 Å². The topological polar surface area (TPSA) is 34.4 Å². The van der Waals surface area contributed by atoms with Gasteiger partial charge in [-0.2, -0.15) is 0 Å². The van der Waals surface area contributed by atoms with Gasteiger partial charge in [-0.15, -0.1) is 0 Å². The summed E-state index contributed by atoms with van der Waals surface area (Å²) in [6.07, 6.45) is 1.97. The van der Waals surface area contributed by atoms with Crippen LogP contribution in [0.5, 0.6) is 0 Å². The molecular formula is C11H19NO2. The second-order valence-corrected chi connectivity index (χ2v) is 3.51. The normalized spacial score (nSPS) is 11.1. The summed E-state index contributed by atoms with van der Waals surface area (Å²) in [5, 5.41) is 3.23. The molecule has 1 aromatic heterocycles. The summed E-state index contributed by atoms with van der Waals surface area (Å²) < 4.78 is 10.9. The molecule has 0 aliphatic heterocycles. The van der Waals surface area contributed by atoms with Crippen LogP contribution in [0.15, 0.2) is 16.7 Å². The van der Waals surface area contributed by atoms with E-state index in [0.717, 1.165) is 24.4 Å². The van der Waals surface area contributed by atoms with E-state index in [4.69, 9.17) is 9.15 Å². The third kappa shape index (κ3) is 3.52. The Morgan fingerprint density at radius 3 is 2.93 bits per heavy atom. The lowest BCUT2D eigenvalue weighted by atomic mass is 10.2. The molecule has 14 heavy (non-hydrogen) atoms. The van der Waals surface area contributed by atoms with Crippen molar-refractivity contribution in [3.63, 3.8) is 0 Å². The van der Waals surface area contributed by atoms with Gasteiger partial charge in [0.2, 0.25) is 0 Å². The van der Waals surface area contributed by atoms with Crippen LogP contribution in [0.25, 0.3) is 0 Å². The van der Waals surface area contributed by atoms with Crippen molar-refractivity contribution in [1.29, 1.82) is 0 Å². The average Bonchev–Trinajstić information content (AvgIpc) is 2.58. The van der Waals surface area contributed by atoms with Gasteiger partial charge in [0.1, 0.15) is 5.76 Å². The number of furan rings is 1. The van der Waals surface area contributed by atoms with Gasteiger partial charge < -0.3 is 14.5 Å². The lowest BCUT2D eigenvalue weighted by Crippen LogP contribution is -2.13. The molecular weight excluding hydrogens is 178 g/mol. The molecule has 1 rings (SSSR count). The van der Waals surface area contributed by atoms with Gasteiger partial charge in [0.05, 0.1) is 25.5 Å². The highest BCUT2D eigenvalue weighted by atomic mass is 16.5. The maximum atomic E-state index is 5.52. The first-order chi connectivity index (χ1) is 6.74. The third-order valence-corrected chi connectivity index (χ3v) is 1.95. The zero-order valence-electron chi connectivity index (χ0n) is 9.17. The maximum absolute atomic E-state index is 5.52. The molecule has 80 valence electrons. The standard InChI is InChI=1S/C11H19NO2/c1-4-12-7-11-10(5-6-13-11)8-14-9(2)3/h5-6,9,12H,4,7-8H2,1-3H3. The Morgan fingerprint density at radius 2 is 2.29 bits per heavy atom. The number of hydrogen-bond donors (Lipinski definition) is 1. The van der Waals surface area contributed by atoms with Crippen molar-refractivity contribution in [3.8, 4) is 0 Å². The van der Waals surface area contributed by atoms with Gasteiger partial charge in [-0.25, -0.2) is 0 Å². The van der Waals surface area contributed by atoms with Gasteiger partial charge in [0, 0.05) is 5.56 Å². The van der Waals surface area contributed by atoms with Crippen LogP contribution in [-0.4, -0.2) is 12.6 Å². The van der Waals surface area contributed by atoms with Gasteiger partial charge in [-0.1, -0.05) is 6.92 Å². The van der Waals surface area contributed by atoms with Gasteiger partial charge in [-0.05, 0) is 26.5 Å². The molecule has 0 saturated carbocycles. The molecule has 3 heteroatoms. The van der Waals surface area contributed by atoms with E-state index in [-0.39, 0.29) is 6.10 Å². The second kappa shape index (κ2) is 5.83. The van der Waals surface area contributed by atoms with Gasteiger partial charge in [-0.3, -0.25) is 0 Å². The van der Waals surface area contributed by atoms with Crippen molar-refractivity contribution in [2.24, 2.45) is 0 Å². The summed E-state index contributed by atoms with van der Waals surface area (Å²) in [6.45, 7) is 8.50. The Morgan fingerprint density at radius 1 is 1.50 bits per heavy atom. The molecule has 0 fully saturated rings. The lowest BCUT2D eigenvalue weighted by molar-refractivity contribution is 0.0647. The number of nitrogens with one attached hydrogen (secondary N) is 1. The summed E-state index contributed by atoms with van der Waals surface area (Å²) in [4.78, 5) is 0. The molecule has 1 N–H and O–H groups in total. The van der Waals surface area contributed by atoms with Crippen LogP contribution < -0.4 is 5.32 Å². The van der Waals surface area contributed by atoms with Gasteiger partial charge in [0.25, 0.3) is 0 Å². The largest absolute Gasteiger partial charge is 0.468 e. The molecule has 0 unspecified atom stereocenters. The Balaban J connectivity index is 2.45. The van der Waals surface area contributed by atoms with Crippen LogP contribution in [0, 0.1) is 0 Å². The summed E-state index contributed by atoms with van der Waals surface area (Å²) >= 11 is 0. The van der Waals surface area contributed by atoms with Crippen molar-refractivity contribution in [3.05, 3.63) is 23.7 Å². The van der Waals surface area contributed by atoms with E-state index in [1.807, 2.05) is 19.9 Å². The first kappa shape index (κ1) is 11.3. The summed E-state index contributed by atoms with van der Waals surface area (Å²) in [7, 11) is 0. The fraction of sp³-hybridized carbons (Fsp3) is 0.636. The highest BCUT2D eigenvalue weighted by molar-refractivity contribution is 5.15. The van der Waals surface area contributed by atoms with Crippen LogP contribution in [0.4, 0.5) is 0 Å². The smallest absolute Gasteiger partial charge is 0.123 e. The van der Waals surface area contributed by atoms with E-state index < -0.39 is 0 Å². The maximum Gasteiger partial charge on any atom is 0.123 e. The monoisotopic (exact) mass is 197 g/mol. The van der Waals surface area contributed by atoms with Crippen LogP contribution >= 0.6 is 0 Å². The minimum atomic E-state index is 0.261. The molecule has 0 amide bonds. The molecule has 0 spiro atoms. The summed E-state index contributed by atoms with van der Waals surface area (Å²) in [6, 6.07) is 1.97. The number of rotatable bonds is 6. The molecule has 3 nitrogen and oxygen atoms in total. The predicted octanol–water partition coefficient (Wildman–Crippen LogP) is 2.31. The minimum absolute atomic E-state index is 0.261. The predicted molar refractivity (Wildman–Crippen MR) is 56.0 cm³/mol. The Bertz CT molecular complexity index is 256. The molecule has 0 bridgehead atoms. The molecule has 0 aliphatic carbocycles. The summed E-state index contributed by atoms with van der Waals surface area (Å²) in [5.74, 6) is 0.979. The molecule has 0 aromatic carbocycles. The van der Waals surface area contributed by atoms with E-state index in [9.17, 15) is 0 Å². The van der Waals surface area contributed by atoms with Crippen molar-refractivity contribution in [2.75, 3.05) is 6.54 Å². The lowest BCUT2D eigenvalue weighted by Gasteiger charge is -2.07. The third-order valence-electron chi connectivity index (χ3n) is 1.95. The van der Waals surface area contributed by atoms with Crippen molar-refractivity contribution in [1.82, 2.24) is 5.32 Å². The highest BCUT2D eigenvalue weighted by Gasteiger charge is 2.06. The Labute approximate surface area is 85.4 Å². The fourth-order valence-corrected chi connectivity index (χ4v) is 1.15. The average molecular weight is 197 g/mol. The first-order valence-corrected chi connectivity index (χ1v) is 5.11. The molecule has 0 saturated heterocycles. The van der Waals surface area contributed by atoms with Gasteiger partial charge in [0.15, 0.2) is 0 Å². The van der Waals surface area contributed by atoms with Crippen molar-refractivity contribution in [2.45, 2.75) is 40.0 Å². The second-order valence-electron chi connectivity index (χ2n) is 3.51. The van der Waals surface area contributed by atoms with Gasteiger partial charge >= 0.3 is 0 Å². The van der Waals surface area contributed by atoms with E-state index in [1.54, 1.807) is 6.26 Å². The van der Waals surface area contributed by atoms with E-state index in [1.165, 1.54) is 0 Å². The minimum Gasteiger partial charge on any atom is -0.468 e. The van der Waals surface area contributed by atoms with E-state index in [0.29, 0.717) is 6.61 Å². The molecule has 1 heterocycles. The SMILES string of the molecule is CCNCc1occc1COC(C)C. The Hall–Kier alpha value is -0.800. The van der Waals surface area contributed by atoms with Crippen LogP contribution in [0.3, 0.4) is 0 Å². The number of ether oxygens (including phenoxy) is 1. The highest BCUT2D eigenvalue weighted by Crippen LogP contribution is 2.12. The van der Waals surface area contributed by atoms with Crippen LogP contribution in [-0.2, 0) is 17.9 Å². The van der Waals surface area contributed by atoms with Crippen LogP contribution in [0.1, 0.15) is 32.1 Å².